The van der Waals surface area contributed by atoms with Crippen LogP contribution in [0.25, 0.3) is 16.5 Å². The zero-order valence-electron chi connectivity index (χ0n) is 18.0. The molecule has 4 nitrogen and oxygen atoms in total. The predicted octanol–water partition coefficient (Wildman–Crippen LogP) is 6.05. The lowest BCUT2D eigenvalue weighted by molar-refractivity contribution is 0.179. The molecule has 33 heavy (non-hydrogen) atoms. The molecule has 1 atom stereocenters. The van der Waals surface area contributed by atoms with E-state index in [-0.39, 0.29) is 17.3 Å². The van der Waals surface area contributed by atoms with Crippen LogP contribution in [0.2, 0.25) is 0 Å². The van der Waals surface area contributed by atoms with Crippen molar-refractivity contribution >= 4 is 26.6 Å². The number of benzene rings is 4. The molecule has 0 saturated carbocycles. The minimum absolute atomic E-state index is 0.127. The van der Waals surface area contributed by atoms with Crippen LogP contribution in [-0.2, 0) is 14.8 Å². The summed E-state index contributed by atoms with van der Waals surface area (Å²) in [5.41, 5.74) is 2.44. The third-order valence-electron chi connectivity index (χ3n) is 5.86. The summed E-state index contributed by atoms with van der Waals surface area (Å²) < 4.78 is 48.5. The molecule has 4 aromatic carbocycles. The lowest BCUT2D eigenvalue weighted by Crippen LogP contribution is -2.36. The summed E-state index contributed by atoms with van der Waals surface area (Å²) in [4.78, 5) is 0.204. The number of nitrogens with zero attached hydrogens (tertiary/aromatic N) is 1. The van der Waals surface area contributed by atoms with Gasteiger partial charge in [0.1, 0.15) is 24.2 Å². The number of aryl methyl sites for hydroxylation is 1. The van der Waals surface area contributed by atoms with E-state index in [2.05, 4.69) is 0 Å². The normalized spacial score (nSPS) is 16.4. The van der Waals surface area contributed by atoms with Gasteiger partial charge in [-0.05, 0) is 59.7 Å². The zero-order valence-corrected chi connectivity index (χ0v) is 18.8. The van der Waals surface area contributed by atoms with E-state index >= 15 is 0 Å². The van der Waals surface area contributed by atoms with Crippen molar-refractivity contribution in [3.8, 4) is 0 Å². The van der Waals surface area contributed by atoms with Crippen LogP contribution in [0.15, 0.2) is 102 Å². The van der Waals surface area contributed by atoms with Crippen molar-refractivity contribution in [2.75, 3.05) is 6.61 Å². The third-order valence-corrected chi connectivity index (χ3v) is 7.64. The van der Waals surface area contributed by atoms with Crippen LogP contribution in [0, 0.1) is 12.7 Å². The van der Waals surface area contributed by atoms with E-state index in [1.165, 1.54) is 22.6 Å². The maximum atomic E-state index is 13.8. The maximum absolute atomic E-state index is 13.8. The van der Waals surface area contributed by atoms with Gasteiger partial charge in [-0.2, -0.15) is 0 Å². The van der Waals surface area contributed by atoms with Gasteiger partial charge in [-0.15, -0.1) is 0 Å². The molecule has 0 radical (unpaired) electrons. The van der Waals surface area contributed by atoms with Crippen molar-refractivity contribution < 1.29 is 17.5 Å². The molecule has 0 fully saturated rings. The minimum atomic E-state index is -3.89. The number of hydrogen-bond donors (Lipinski definition) is 0. The first-order valence-corrected chi connectivity index (χ1v) is 12.1. The SMILES string of the molecule is Cc1ccc(S(=O)(=O)N2C=C(c3ccc(F)cc3)OCC2c2cccc3ccccc23)cc1. The van der Waals surface area contributed by atoms with E-state index in [9.17, 15) is 12.8 Å². The first kappa shape index (κ1) is 21.2. The predicted molar refractivity (Wildman–Crippen MR) is 127 cm³/mol. The molecule has 0 N–H and O–H groups in total. The van der Waals surface area contributed by atoms with Crippen molar-refractivity contribution in [3.05, 3.63) is 120 Å². The molecule has 1 heterocycles. The summed E-state index contributed by atoms with van der Waals surface area (Å²) >= 11 is 0. The molecule has 0 aromatic heterocycles. The highest BCUT2D eigenvalue weighted by Gasteiger charge is 2.35. The third kappa shape index (κ3) is 3.98. The second-order valence-electron chi connectivity index (χ2n) is 8.04. The van der Waals surface area contributed by atoms with Gasteiger partial charge in [-0.25, -0.2) is 12.8 Å². The van der Waals surface area contributed by atoms with Crippen molar-refractivity contribution in [3.63, 3.8) is 0 Å². The molecule has 0 saturated heterocycles. The number of sulfonamides is 1. The Labute approximate surface area is 192 Å². The Hall–Kier alpha value is -3.64. The number of rotatable bonds is 4. The molecule has 5 rings (SSSR count). The highest BCUT2D eigenvalue weighted by Crippen LogP contribution is 2.38. The lowest BCUT2D eigenvalue weighted by Gasteiger charge is -2.35. The van der Waals surface area contributed by atoms with Gasteiger partial charge < -0.3 is 4.74 Å². The largest absolute Gasteiger partial charge is 0.489 e. The summed E-state index contributed by atoms with van der Waals surface area (Å²) in [6, 6.07) is 25.8. The fourth-order valence-corrected chi connectivity index (χ4v) is 5.56. The van der Waals surface area contributed by atoms with Gasteiger partial charge in [0.25, 0.3) is 10.0 Å². The average molecular weight is 460 g/mol. The monoisotopic (exact) mass is 459 g/mol. The molecule has 4 aromatic rings. The molecule has 0 aliphatic carbocycles. The summed E-state index contributed by atoms with van der Waals surface area (Å²) in [6.45, 7) is 2.04. The van der Waals surface area contributed by atoms with Gasteiger partial charge >= 0.3 is 0 Å². The Morgan fingerprint density at radius 2 is 1.58 bits per heavy atom. The van der Waals surface area contributed by atoms with Gasteiger partial charge in [-0.3, -0.25) is 4.31 Å². The Balaban J connectivity index is 1.67. The van der Waals surface area contributed by atoms with E-state index in [4.69, 9.17) is 4.74 Å². The van der Waals surface area contributed by atoms with E-state index in [0.717, 1.165) is 21.9 Å². The van der Waals surface area contributed by atoms with Crippen molar-refractivity contribution in [2.24, 2.45) is 0 Å². The van der Waals surface area contributed by atoms with Crippen LogP contribution in [0.5, 0.6) is 0 Å². The summed E-state index contributed by atoms with van der Waals surface area (Å²) in [6.07, 6.45) is 1.51. The molecule has 1 aliphatic rings. The smallest absolute Gasteiger partial charge is 0.264 e. The lowest BCUT2D eigenvalue weighted by atomic mass is 9.98. The highest BCUT2D eigenvalue weighted by molar-refractivity contribution is 7.89. The number of ether oxygens (including phenoxy) is 1. The van der Waals surface area contributed by atoms with Crippen LogP contribution in [0.4, 0.5) is 4.39 Å². The molecule has 1 aliphatic heterocycles. The van der Waals surface area contributed by atoms with Crippen LogP contribution < -0.4 is 0 Å². The first-order valence-electron chi connectivity index (χ1n) is 10.6. The van der Waals surface area contributed by atoms with Gasteiger partial charge in [-0.1, -0.05) is 60.2 Å². The van der Waals surface area contributed by atoms with Crippen molar-refractivity contribution in [2.45, 2.75) is 17.9 Å². The van der Waals surface area contributed by atoms with Crippen molar-refractivity contribution in [1.82, 2.24) is 4.31 Å². The molecule has 0 amide bonds. The zero-order chi connectivity index (χ0) is 23.0. The van der Waals surface area contributed by atoms with Gasteiger partial charge in [0.2, 0.25) is 0 Å². The van der Waals surface area contributed by atoms with Gasteiger partial charge in [0.15, 0.2) is 0 Å². The standard InChI is InChI=1S/C27H22FNO3S/c1-19-9-15-23(16-10-19)33(30,31)29-17-27(21-11-13-22(28)14-12-21)32-18-26(29)25-8-4-6-20-5-2-3-7-24(20)25/h2-17,26H,18H2,1H3. The Morgan fingerprint density at radius 3 is 2.33 bits per heavy atom. The van der Waals surface area contributed by atoms with E-state index < -0.39 is 16.1 Å². The molecule has 6 heteroatoms. The van der Waals surface area contributed by atoms with Gasteiger partial charge in [0.05, 0.1) is 11.1 Å². The van der Waals surface area contributed by atoms with Crippen LogP contribution in [0.3, 0.4) is 0 Å². The maximum Gasteiger partial charge on any atom is 0.264 e. The number of fused-ring (bicyclic) bond motifs is 1. The highest BCUT2D eigenvalue weighted by atomic mass is 32.2. The molecule has 166 valence electrons. The first-order chi connectivity index (χ1) is 15.9. The number of hydrogen-bond acceptors (Lipinski definition) is 3. The molecule has 1 unspecified atom stereocenters. The molecule has 0 spiro atoms. The van der Waals surface area contributed by atoms with Crippen molar-refractivity contribution in [1.29, 1.82) is 0 Å². The van der Waals surface area contributed by atoms with Crippen LogP contribution in [-0.4, -0.2) is 19.3 Å². The average Bonchev–Trinajstić information content (AvgIpc) is 2.84. The Bertz CT molecular complexity index is 1440. The van der Waals surface area contributed by atoms with Gasteiger partial charge in [0, 0.05) is 5.56 Å². The second-order valence-corrected chi connectivity index (χ2v) is 9.89. The topological polar surface area (TPSA) is 46.6 Å². The Morgan fingerprint density at radius 1 is 0.879 bits per heavy atom. The van der Waals surface area contributed by atoms with Crippen LogP contribution >= 0.6 is 0 Å². The van der Waals surface area contributed by atoms with E-state index in [0.29, 0.717) is 11.3 Å². The van der Waals surface area contributed by atoms with E-state index in [1.54, 1.807) is 36.4 Å². The minimum Gasteiger partial charge on any atom is -0.489 e. The summed E-state index contributed by atoms with van der Waals surface area (Å²) in [7, 11) is -3.89. The van der Waals surface area contributed by atoms with E-state index in [1.807, 2.05) is 49.4 Å². The summed E-state index contributed by atoms with van der Waals surface area (Å²) in [5, 5.41) is 1.99. The molecular formula is C27H22FNO3S. The summed E-state index contributed by atoms with van der Waals surface area (Å²) in [5.74, 6) is 0.00935. The Kier molecular flexibility index (Phi) is 5.38. The quantitative estimate of drug-likeness (QED) is 0.373. The molecule has 0 bridgehead atoms. The number of halogens is 1. The fourth-order valence-electron chi connectivity index (χ4n) is 4.09. The van der Waals surface area contributed by atoms with Crippen LogP contribution in [0.1, 0.15) is 22.7 Å². The second kappa shape index (κ2) is 8.37. The molecular weight excluding hydrogens is 437 g/mol. The fraction of sp³-hybridized carbons (Fsp3) is 0.111.